The number of rotatable bonds is 4. The van der Waals surface area contributed by atoms with Gasteiger partial charge < -0.3 is 4.90 Å². The number of hydrogen-bond donors (Lipinski definition) is 0. The quantitative estimate of drug-likeness (QED) is 0.700. The van der Waals surface area contributed by atoms with Crippen molar-refractivity contribution in [2.45, 2.75) is 50.4 Å². The summed E-state index contributed by atoms with van der Waals surface area (Å²) in [6, 6.07) is 18.9. The fourth-order valence-electron chi connectivity index (χ4n) is 4.68. The van der Waals surface area contributed by atoms with Gasteiger partial charge in [0.1, 0.15) is 5.25 Å². The highest BCUT2D eigenvalue weighted by Crippen LogP contribution is 2.38. The normalized spacial score (nSPS) is 24.1. The summed E-state index contributed by atoms with van der Waals surface area (Å²) in [6.07, 6.45) is 2.87. The first-order valence-electron chi connectivity index (χ1n) is 11.2. The molecule has 1 amide bonds. The number of hydrogen-bond acceptors (Lipinski definition) is 4. The standard InChI is InChI=1S/C25H29N3O3S/c1-19-7-12-24(22-5-3-2-4-6-22)32(30,31)28(19)18-21-8-10-23(11-9-21)25(29)27-15-13-20(17-26)14-16-27/h2-6,8-11,19-20,24H,7,12-16,18H2,1H3/t19-,24?/m0/s1. The van der Waals surface area contributed by atoms with E-state index in [1.807, 2.05) is 49.4 Å². The molecule has 168 valence electrons. The smallest absolute Gasteiger partial charge is 0.253 e. The molecule has 2 atom stereocenters. The van der Waals surface area contributed by atoms with E-state index < -0.39 is 15.3 Å². The number of carbonyl (C=O) groups excluding carboxylic acids is 1. The van der Waals surface area contributed by atoms with E-state index in [-0.39, 0.29) is 17.9 Å². The van der Waals surface area contributed by atoms with Gasteiger partial charge in [-0.1, -0.05) is 42.5 Å². The summed E-state index contributed by atoms with van der Waals surface area (Å²) in [5, 5.41) is 8.52. The van der Waals surface area contributed by atoms with Crippen LogP contribution in [0.15, 0.2) is 54.6 Å². The van der Waals surface area contributed by atoms with Gasteiger partial charge >= 0.3 is 0 Å². The van der Waals surface area contributed by atoms with Gasteiger partial charge in [0.2, 0.25) is 10.0 Å². The first-order valence-corrected chi connectivity index (χ1v) is 12.7. The highest BCUT2D eigenvalue weighted by molar-refractivity contribution is 7.89. The Morgan fingerprint density at radius 1 is 1.00 bits per heavy atom. The molecular formula is C25H29N3O3S. The largest absolute Gasteiger partial charge is 0.339 e. The Balaban J connectivity index is 1.46. The Bertz CT molecular complexity index is 1090. The number of benzene rings is 2. The van der Waals surface area contributed by atoms with Crippen LogP contribution in [0.3, 0.4) is 0 Å². The Kier molecular flexibility index (Phi) is 6.63. The Hall–Kier alpha value is -2.69. The lowest BCUT2D eigenvalue weighted by molar-refractivity contribution is 0.0707. The lowest BCUT2D eigenvalue weighted by atomic mass is 9.98. The predicted octanol–water partition coefficient (Wildman–Crippen LogP) is 4.12. The van der Waals surface area contributed by atoms with E-state index in [1.165, 1.54) is 0 Å². The van der Waals surface area contributed by atoms with Crippen molar-refractivity contribution in [3.05, 3.63) is 71.3 Å². The maximum atomic E-state index is 13.4. The molecule has 2 fully saturated rings. The molecule has 1 unspecified atom stereocenters. The van der Waals surface area contributed by atoms with Crippen LogP contribution in [0.4, 0.5) is 0 Å². The number of sulfonamides is 1. The topological polar surface area (TPSA) is 81.5 Å². The van der Waals surface area contributed by atoms with E-state index in [1.54, 1.807) is 21.3 Å². The summed E-state index contributed by atoms with van der Waals surface area (Å²) < 4.78 is 28.4. The van der Waals surface area contributed by atoms with Crippen molar-refractivity contribution in [1.29, 1.82) is 5.26 Å². The molecule has 0 aliphatic carbocycles. The van der Waals surface area contributed by atoms with Crippen molar-refractivity contribution in [2.24, 2.45) is 5.92 Å². The molecule has 2 aliphatic rings. The number of amides is 1. The van der Waals surface area contributed by atoms with E-state index in [9.17, 15) is 13.2 Å². The van der Waals surface area contributed by atoms with E-state index in [4.69, 9.17) is 5.26 Å². The van der Waals surface area contributed by atoms with Gasteiger partial charge in [-0.2, -0.15) is 9.57 Å². The third-order valence-electron chi connectivity index (χ3n) is 6.70. The fourth-order valence-corrected chi connectivity index (χ4v) is 6.88. The Labute approximate surface area is 190 Å². The fraction of sp³-hybridized carbons (Fsp3) is 0.440. The zero-order chi connectivity index (χ0) is 22.7. The van der Waals surface area contributed by atoms with E-state index in [2.05, 4.69) is 6.07 Å². The molecule has 2 aromatic carbocycles. The Morgan fingerprint density at radius 2 is 1.66 bits per heavy atom. The number of piperidine rings is 1. The molecule has 2 aliphatic heterocycles. The maximum absolute atomic E-state index is 13.4. The number of likely N-dealkylation sites (tertiary alicyclic amines) is 1. The van der Waals surface area contributed by atoms with E-state index in [0.29, 0.717) is 44.5 Å². The van der Waals surface area contributed by atoms with Crippen molar-refractivity contribution in [2.75, 3.05) is 13.1 Å². The second-order valence-electron chi connectivity index (χ2n) is 8.81. The van der Waals surface area contributed by atoms with Gasteiger partial charge in [0.15, 0.2) is 0 Å². The third kappa shape index (κ3) is 4.57. The minimum Gasteiger partial charge on any atom is -0.339 e. The van der Waals surface area contributed by atoms with Crippen molar-refractivity contribution in [1.82, 2.24) is 9.21 Å². The van der Waals surface area contributed by atoms with Crippen LogP contribution in [0.5, 0.6) is 0 Å². The number of carbonyl (C=O) groups is 1. The first-order chi connectivity index (χ1) is 15.4. The van der Waals surface area contributed by atoms with E-state index >= 15 is 0 Å². The van der Waals surface area contributed by atoms with Crippen LogP contribution in [0.1, 0.15) is 59.3 Å². The minimum absolute atomic E-state index is 0.0314. The average Bonchev–Trinajstić information content (AvgIpc) is 2.82. The highest BCUT2D eigenvalue weighted by atomic mass is 32.2. The molecule has 4 rings (SSSR count). The number of nitriles is 1. The third-order valence-corrected chi connectivity index (χ3v) is 9.07. The SMILES string of the molecule is C[C@H]1CCC(c2ccccc2)S(=O)(=O)N1Cc1ccc(C(=O)N2CCC(C#N)CC2)cc1. The molecule has 0 bridgehead atoms. The van der Waals surface area contributed by atoms with Crippen molar-refractivity contribution in [3.63, 3.8) is 0 Å². The van der Waals surface area contributed by atoms with Gasteiger partial charge in [0.05, 0.1) is 6.07 Å². The van der Waals surface area contributed by atoms with Crippen LogP contribution in [-0.2, 0) is 16.6 Å². The molecule has 6 nitrogen and oxygen atoms in total. The van der Waals surface area contributed by atoms with Gasteiger partial charge in [-0.3, -0.25) is 4.79 Å². The van der Waals surface area contributed by atoms with Crippen molar-refractivity contribution in [3.8, 4) is 6.07 Å². The zero-order valence-corrected chi connectivity index (χ0v) is 19.2. The molecule has 2 saturated heterocycles. The first kappa shape index (κ1) is 22.5. The summed E-state index contributed by atoms with van der Waals surface area (Å²) in [7, 11) is -3.48. The highest BCUT2D eigenvalue weighted by Gasteiger charge is 2.40. The van der Waals surface area contributed by atoms with Crippen LogP contribution in [-0.4, -0.2) is 42.7 Å². The van der Waals surface area contributed by atoms with Gasteiger partial charge in [0, 0.05) is 37.2 Å². The van der Waals surface area contributed by atoms with Crippen LogP contribution in [0.25, 0.3) is 0 Å². The van der Waals surface area contributed by atoms with Gasteiger partial charge in [0.25, 0.3) is 5.91 Å². The molecule has 0 aromatic heterocycles. The molecule has 2 heterocycles. The monoisotopic (exact) mass is 451 g/mol. The summed E-state index contributed by atoms with van der Waals surface area (Å²) >= 11 is 0. The van der Waals surface area contributed by atoms with Crippen LogP contribution >= 0.6 is 0 Å². The van der Waals surface area contributed by atoms with Crippen molar-refractivity contribution >= 4 is 15.9 Å². The van der Waals surface area contributed by atoms with Crippen LogP contribution in [0, 0.1) is 17.2 Å². The summed E-state index contributed by atoms with van der Waals surface area (Å²) in [6.45, 7) is 3.46. The molecule has 32 heavy (non-hydrogen) atoms. The molecule has 0 radical (unpaired) electrons. The summed E-state index contributed by atoms with van der Waals surface area (Å²) in [5.41, 5.74) is 2.31. The van der Waals surface area contributed by atoms with E-state index in [0.717, 1.165) is 17.5 Å². The van der Waals surface area contributed by atoms with Crippen LogP contribution < -0.4 is 0 Å². The van der Waals surface area contributed by atoms with Gasteiger partial charge in [-0.25, -0.2) is 8.42 Å². The second-order valence-corrected chi connectivity index (χ2v) is 10.9. The Morgan fingerprint density at radius 3 is 2.28 bits per heavy atom. The maximum Gasteiger partial charge on any atom is 0.253 e. The molecule has 0 saturated carbocycles. The van der Waals surface area contributed by atoms with Gasteiger partial charge in [-0.05, 0) is 55.9 Å². The molecule has 0 N–H and O–H groups in total. The lowest BCUT2D eigenvalue weighted by Gasteiger charge is -2.37. The molecule has 7 heteroatoms. The summed E-state index contributed by atoms with van der Waals surface area (Å²) in [4.78, 5) is 14.6. The lowest BCUT2D eigenvalue weighted by Crippen LogP contribution is -2.44. The molecule has 0 spiro atoms. The van der Waals surface area contributed by atoms with Gasteiger partial charge in [-0.15, -0.1) is 0 Å². The average molecular weight is 452 g/mol. The number of nitrogens with zero attached hydrogens (tertiary/aromatic N) is 3. The summed E-state index contributed by atoms with van der Waals surface area (Å²) in [5.74, 6) is 0.00524. The molecule has 2 aromatic rings. The second kappa shape index (κ2) is 9.43. The predicted molar refractivity (Wildman–Crippen MR) is 123 cm³/mol. The minimum atomic E-state index is -3.48. The molecular weight excluding hydrogens is 422 g/mol. The zero-order valence-electron chi connectivity index (χ0n) is 18.4. The van der Waals surface area contributed by atoms with Crippen LogP contribution in [0.2, 0.25) is 0 Å². The van der Waals surface area contributed by atoms with Crippen molar-refractivity contribution < 1.29 is 13.2 Å².